The van der Waals surface area contributed by atoms with Crippen molar-refractivity contribution in [2.75, 3.05) is 26.8 Å². The highest BCUT2D eigenvalue weighted by molar-refractivity contribution is 5.31. The fraction of sp³-hybridized carbons (Fsp3) is 0.571. The molecule has 1 aliphatic heterocycles. The molecule has 1 aromatic rings. The summed E-state index contributed by atoms with van der Waals surface area (Å²) in [5.41, 5.74) is 1.00. The van der Waals surface area contributed by atoms with Crippen molar-refractivity contribution < 1.29 is 9.47 Å². The van der Waals surface area contributed by atoms with Crippen LogP contribution in [-0.4, -0.2) is 32.4 Å². The van der Waals surface area contributed by atoms with Crippen LogP contribution in [0.5, 0.6) is 5.75 Å². The average Bonchev–Trinajstić information content (AvgIpc) is 2.39. The van der Waals surface area contributed by atoms with E-state index < -0.39 is 0 Å². The lowest BCUT2D eigenvalue weighted by molar-refractivity contribution is -0.0589. The van der Waals surface area contributed by atoms with Gasteiger partial charge in [-0.3, -0.25) is 0 Å². The SMILES string of the molecule is CO[C@@]1(COc2ccccc2C)CCCNC1. The van der Waals surface area contributed by atoms with Gasteiger partial charge in [0.05, 0.1) is 0 Å². The monoisotopic (exact) mass is 235 g/mol. The van der Waals surface area contributed by atoms with Crippen molar-refractivity contribution in [3.05, 3.63) is 29.8 Å². The van der Waals surface area contributed by atoms with Crippen LogP contribution in [0.15, 0.2) is 24.3 Å². The molecule has 0 bridgehead atoms. The van der Waals surface area contributed by atoms with E-state index >= 15 is 0 Å². The molecule has 1 aromatic carbocycles. The molecule has 0 radical (unpaired) electrons. The molecule has 0 aliphatic carbocycles. The fourth-order valence-electron chi connectivity index (χ4n) is 2.22. The summed E-state index contributed by atoms with van der Waals surface area (Å²) in [7, 11) is 1.77. The number of nitrogens with one attached hydrogen (secondary N) is 1. The molecule has 1 atom stereocenters. The van der Waals surface area contributed by atoms with Crippen molar-refractivity contribution in [3.8, 4) is 5.75 Å². The molecule has 1 saturated heterocycles. The third-order valence-corrected chi connectivity index (χ3v) is 3.45. The van der Waals surface area contributed by atoms with Crippen LogP contribution < -0.4 is 10.1 Å². The molecule has 0 aromatic heterocycles. The third kappa shape index (κ3) is 2.99. The largest absolute Gasteiger partial charge is 0.490 e. The van der Waals surface area contributed by atoms with E-state index in [0.717, 1.165) is 31.7 Å². The zero-order chi connectivity index (χ0) is 12.1. The molecule has 3 nitrogen and oxygen atoms in total. The second-order valence-corrected chi connectivity index (χ2v) is 4.72. The van der Waals surface area contributed by atoms with Gasteiger partial charge in [-0.1, -0.05) is 18.2 Å². The topological polar surface area (TPSA) is 30.5 Å². The molecule has 0 amide bonds. The predicted octanol–water partition coefficient (Wildman–Crippen LogP) is 2.14. The number of hydrogen-bond donors (Lipinski definition) is 1. The minimum Gasteiger partial charge on any atom is -0.490 e. The first-order chi connectivity index (χ1) is 8.26. The highest BCUT2D eigenvalue weighted by Gasteiger charge is 2.32. The number of benzene rings is 1. The van der Waals surface area contributed by atoms with E-state index in [0.29, 0.717) is 6.61 Å². The van der Waals surface area contributed by atoms with Crippen LogP contribution >= 0.6 is 0 Å². The van der Waals surface area contributed by atoms with E-state index in [9.17, 15) is 0 Å². The average molecular weight is 235 g/mol. The van der Waals surface area contributed by atoms with Gasteiger partial charge in [-0.05, 0) is 37.9 Å². The lowest BCUT2D eigenvalue weighted by Gasteiger charge is -2.36. The number of ether oxygens (including phenoxy) is 2. The quantitative estimate of drug-likeness (QED) is 0.867. The molecular weight excluding hydrogens is 214 g/mol. The van der Waals surface area contributed by atoms with E-state index in [1.807, 2.05) is 18.2 Å². The smallest absolute Gasteiger partial charge is 0.122 e. The Morgan fingerprint density at radius 2 is 2.18 bits per heavy atom. The lowest BCUT2D eigenvalue weighted by Crippen LogP contribution is -2.51. The standard InChI is InChI=1S/C14H21NO2/c1-12-6-3-4-7-13(12)17-11-14(16-2)8-5-9-15-10-14/h3-4,6-7,15H,5,8-11H2,1-2H3/t14-/m0/s1. The van der Waals surface area contributed by atoms with Gasteiger partial charge >= 0.3 is 0 Å². The molecule has 1 fully saturated rings. The predicted molar refractivity (Wildman–Crippen MR) is 68.5 cm³/mol. The summed E-state index contributed by atoms with van der Waals surface area (Å²) in [4.78, 5) is 0. The first-order valence-electron chi connectivity index (χ1n) is 6.20. The molecule has 94 valence electrons. The highest BCUT2D eigenvalue weighted by atomic mass is 16.5. The van der Waals surface area contributed by atoms with Gasteiger partial charge in [0, 0.05) is 13.7 Å². The number of rotatable bonds is 4. The number of methoxy groups -OCH3 is 1. The van der Waals surface area contributed by atoms with Crippen molar-refractivity contribution >= 4 is 0 Å². The second kappa shape index (κ2) is 5.52. The Kier molecular flexibility index (Phi) is 4.02. The van der Waals surface area contributed by atoms with Crippen LogP contribution in [0.4, 0.5) is 0 Å². The Morgan fingerprint density at radius 1 is 1.35 bits per heavy atom. The van der Waals surface area contributed by atoms with Gasteiger partial charge in [0.2, 0.25) is 0 Å². The number of para-hydroxylation sites is 1. The molecule has 0 spiro atoms. The zero-order valence-electron chi connectivity index (χ0n) is 10.7. The van der Waals surface area contributed by atoms with Crippen LogP contribution in [0, 0.1) is 6.92 Å². The van der Waals surface area contributed by atoms with E-state index in [2.05, 4.69) is 18.3 Å². The van der Waals surface area contributed by atoms with Crippen LogP contribution in [0.2, 0.25) is 0 Å². The summed E-state index contributed by atoms with van der Waals surface area (Å²) in [6.45, 7) is 4.63. The summed E-state index contributed by atoms with van der Waals surface area (Å²) in [5, 5.41) is 3.37. The Balaban J connectivity index is 1.98. The Labute approximate surface area is 103 Å². The van der Waals surface area contributed by atoms with Gasteiger partial charge in [-0.25, -0.2) is 0 Å². The van der Waals surface area contributed by atoms with E-state index in [-0.39, 0.29) is 5.60 Å². The minimum atomic E-state index is -0.166. The van der Waals surface area contributed by atoms with Crippen molar-refractivity contribution in [3.63, 3.8) is 0 Å². The Morgan fingerprint density at radius 3 is 2.82 bits per heavy atom. The minimum absolute atomic E-state index is 0.166. The van der Waals surface area contributed by atoms with Gasteiger partial charge in [-0.15, -0.1) is 0 Å². The summed E-state index contributed by atoms with van der Waals surface area (Å²) in [6.07, 6.45) is 2.20. The normalized spacial score (nSPS) is 24.6. The maximum absolute atomic E-state index is 5.91. The van der Waals surface area contributed by atoms with Gasteiger partial charge in [0.25, 0.3) is 0 Å². The zero-order valence-corrected chi connectivity index (χ0v) is 10.7. The third-order valence-electron chi connectivity index (χ3n) is 3.45. The molecule has 2 rings (SSSR count). The molecule has 0 unspecified atom stereocenters. The molecule has 1 aliphatic rings. The van der Waals surface area contributed by atoms with Crippen molar-refractivity contribution in [2.24, 2.45) is 0 Å². The highest BCUT2D eigenvalue weighted by Crippen LogP contribution is 2.23. The maximum Gasteiger partial charge on any atom is 0.122 e. The maximum atomic E-state index is 5.91. The Hall–Kier alpha value is -1.06. The Bertz CT molecular complexity index is 359. The first-order valence-corrected chi connectivity index (χ1v) is 6.20. The molecule has 1 heterocycles. The summed E-state index contributed by atoms with van der Waals surface area (Å²) < 4.78 is 11.6. The van der Waals surface area contributed by atoms with E-state index in [1.165, 1.54) is 5.56 Å². The van der Waals surface area contributed by atoms with Crippen LogP contribution in [0.25, 0.3) is 0 Å². The first kappa shape index (κ1) is 12.4. The summed E-state index contributed by atoms with van der Waals surface area (Å²) >= 11 is 0. The fourth-order valence-corrected chi connectivity index (χ4v) is 2.22. The van der Waals surface area contributed by atoms with E-state index in [4.69, 9.17) is 9.47 Å². The van der Waals surface area contributed by atoms with Gasteiger partial charge in [0.15, 0.2) is 0 Å². The number of aryl methyl sites for hydroxylation is 1. The van der Waals surface area contributed by atoms with Crippen molar-refractivity contribution in [1.82, 2.24) is 5.32 Å². The van der Waals surface area contributed by atoms with Crippen molar-refractivity contribution in [1.29, 1.82) is 0 Å². The van der Waals surface area contributed by atoms with Crippen LogP contribution in [-0.2, 0) is 4.74 Å². The summed E-state index contributed by atoms with van der Waals surface area (Å²) in [6, 6.07) is 8.10. The second-order valence-electron chi connectivity index (χ2n) is 4.72. The summed E-state index contributed by atoms with van der Waals surface area (Å²) in [5.74, 6) is 0.953. The number of hydrogen-bond acceptors (Lipinski definition) is 3. The van der Waals surface area contributed by atoms with E-state index in [1.54, 1.807) is 7.11 Å². The molecule has 3 heteroatoms. The molecule has 17 heavy (non-hydrogen) atoms. The van der Waals surface area contributed by atoms with Gasteiger partial charge < -0.3 is 14.8 Å². The molecule has 1 N–H and O–H groups in total. The lowest BCUT2D eigenvalue weighted by atomic mass is 9.95. The van der Waals surface area contributed by atoms with Crippen molar-refractivity contribution in [2.45, 2.75) is 25.4 Å². The number of piperidine rings is 1. The molecular formula is C14H21NO2. The molecule has 0 saturated carbocycles. The van der Waals surface area contributed by atoms with Crippen LogP contribution in [0.1, 0.15) is 18.4 Å². The van der Waals surface area contributed by atoms with Gasteiger partial charge in [0.1, 0.15) is 18.0 Å². The van der Waals surface area contributed by atoms with Crippen LogP contribution in [0.3, 0.4) is 0 Å². The van der Waals surface area contributed by atoms with Gasteiger partial charge in [-0.2, -0.15) is 0 Å².